The van der Waals surface area contributed by atoms with E-state index in [0.29, 0.717) is 44.3 Å². The summed E-state index contributed by atoms with van der Waals surface area (Å²) >= 11 is 13.5. The molecule has 0 N–H and O–H groups in total. The van der Waals surface area contributed by atoms with Crippen LogP contribution in [0.25, 0.3) is 0 Å². The van der Waals surface area contributed by atoms with Gasteiger partial charge in [-0.15, -0.1) is 0 Å². The summed E-state index contributed by atoms with van der Waals surface area (Å²) in [5, 5.41) is -0.00765. The second-order valence-corrected chi connectivity index (χ2v) is 10.0. The number of para-hydroxylation sites is 1. The predicted octanol–water partition coefficient (Wildman–Crippen LogP) is 8.00. The van der Waals surface area contributed by atoms with Crippen LogP contribution in [0.1, 0.15) is 30.1 Å². The lowest BCUT2D eigenvalue weighted by Gasteiger charge is -2.21. The topological polar surface area (TPSA) is 66.9 Å². The maximum atomic E-state index is 13.0. The Labute approximate surface area is 227 Å². The molecule has 0 radical (unpaired) electrons. The second-order valence-electron chi connectivity index (χ2n) is 8.23. The minimum absolute atomic E-state index is 0.104. The number of ether oxygens (including phenoxy) is 4. The number of methoxy groups -OCH3 is 1. The first-order valence-electron chi connectivity index (χ1n) is 11.3. The van der Waals surface area contributed by atoms with E-state index in [0.717, 1.165) is 24.6 Å². The van der Waals surface area contributed by atoms with Gasteiger partial charge in [0.25, 0.3) is 0 Å². The maximum absolute atomic E-state index is 13.0. The summed E-state index contributed by atoms with van der Waals surface area (Å²) in [5.74, 6) is 0.928. The van der Waals surface area contributed by atoms with Crippen molar-refractivity contribution in [3.05, 3.63) is 76.0 Å². The Morgan fingerprint density at radius 2 is 1.81 bits per heavy atom. The molecular formula is C26H23Cl2F2NO5S. The first-order valence-corrected chi connectivity index (χ1v) is 12.9. The van der Waals surface area contributed by atoms with Gasteiger partial charge in [-0.25, -0.2) is 4.79 Å². The molecule has 6 nitrogen and oxygen atoms in total. The van der Waals surface area contributed by atoms with Crippen molar-refractivity contribution in [1.82, 2.24) is 4.98 Å². The third-order valence-electron chi connectivity index (χ3n) is 5.57. The van der Waals surface area contributed by atoms with Gasteiger partial charge in [0.05, 0.1) is 28.7 Å². The first kappa shape index (κ1) is 27.3. The van der Waals surface area contributed by atoms with Crippen molar-refractivity contribution in [3.8, 4) is 17.2 Å². The normalized spacial score (nSPS) is 13.8. The van der Waals surface area contributed by atoms with E-state index in [2.05, 4.69) is 9.72 Å². The molecule has 0 aliphatic heterocycles. The zero-order valence-corrected chi connectivity index (χ0v) is 22.0. The largest absolute Gasteiger partial charge is 0.496 e. The Hall–Kier alpha value is -2.75. The van der Waals surface area contributed by atoms with Crippen molar-refractivity contribution in [2.24, 2.45) is 5.92 Å². The van der Waals surface area contributed by atoms with Gasteiger partial charge in [-0.05, 0) is 65.9 Å². The highest BCUT2D eigenvalue weighted by Crippen LogP contribution is 2.39. The Kier molecular flexibility index (Phi) is 9.34. The molecule has 0 spiro atoms. The Balaban J connectivity index is 1.64. The molecule has 0 unspecified atom stereocenters. The Morgan fingerprint density at radius 3 is 2.49 bits per heavy atom. The van der Waals surface area contributed by atoms with Gasteiger partial charge in [0.15, 0.2) is 11.5 Å². The summed E-state index contributed by atoms with van der Waals surface area (Å²) in [6.07, 6.45) is 4.14. The van der Waals surface area contributed by atoms with E-state index in [1.165, 1.54) is 37.7 Å². The number of pyridine rings is 1. The lowest BCUT2D eigenvalue weighted by molar-refractivity contribution is -0.0515. The number of halogens is 4. The van der Waals surface area contributed by atoms with E-state index in [9.17, 15) is 13.6 Å². The molecule has 1 saturated carbocycles. The first-order chi connectivity index (χ1) is 17.8. The highest BCUT2D eigenvalue weighted by Gasteiger charge is 2.26. The number of nitrogens with zero attached hydrogens (tertiary/aromatic N) is 1. The van der Waals surface area contributed by atoms with Crippen molar-refractivity contribution in [1.29, 1.82) is 0 Å². The smallest absolute Gasteiger partial charge is 0.387 e. The van der Waals surface area contributed by atoms with Gasteiger partial charge >= 0.3 is 11.9 Å². The summed E-state index contributed by atoms with van der Waals surface area (Å²) in [6.45, 7) is -2.64. The van der Waals surface area contributed by atoms with Crippen LogP contribution in [0.5, 0.6) is 17.2 Å². The highest BCUT2D eigenvalue weighted by molar-refractivity contribution is 8.13. The standard InChI is InChI=1S/C26H23Cl2F2NO5S/c1-33-21-4-2-3-5-24(21)37-26(32)36-22(11-17-18(27)12-31-13-19(17)28)16-8-9-20(35-25(29)30)23(10-16)34-14-15-6-7-15/h2-5,8-10,12-13,15,22,25H,6-7,11,14H2,1H3/t22-/m0/s1. The van der Waals surface area contributed by atoms with Crippen LogP contribution in [0.3, 0.4) is 0 Å². The van der Waals surface area contributed by atoms with Crippen LogP contribution < -0.4 is 14.2 Å². The number of benzene rings is 2. The summed E-state index contributed by atoms with van der Waals surface area (Å²) in [6, 6.07) is 11.5. The fourth-order valence-electron chi connectivity index (χ4n) is 3.50. The molecule has 1 aromatic heterocycles. The molecular weight excluding hydrogens is 547 g/mol. The predicted molar refractivity (Wildman–Crippen MR) is 137 cm³/mol. The van der Waals surface area contributed by atoms with Crippen LogP contribution in [0.4, 0.5) is 13.6 Å². The number of carbonyl (C=O) groups excluding carboxylic acids is 1. The lowest BCUT2D eigenvalue weighted by atomic mass is 10.0. The van der Waals surface area contributed by atoms with Crippen molar-refractivity contribution in [2.45, 2.75) is 36.9 Å². The summed E-state index contributed by atoms with van der Waals surface area (Å²) in [4.78, 5) is 17.5. The summed E-state index contributed by atoms with van der Waals surface area (Å²) in [5.41, 5.74) is 1.01. The molecule has 1 aliphatic rings. The second kappa shape index (κ2) is 12.7. The molecule has 3 aromatic rings. The number of hydrogen-bond donors (Lipinski definition) is 0. The van der Waals surface area contributed by atoms with Crippen molar-refractivity contribution >= 4 is 40.3 Å². The van der Waals surface area contributed by atoms with Crippen molar-refractivity contribution in [2.75, 3.05) is 13.7 Å². The number of carbonyl (C=O) groups is 1. The molecule has 1 atom stereocenters. The van der Waals surface area contributed by atoms with E-state index in [4.69, 9.17) is 37.4 Å². The number of alkyl halides is 2. The van der Waals surface area contributed by atoms with Crippen LogP contribution in [-0.2, 0) is 11.2 Å². The van der Waals surface area contributed by atoms with Gasteiger partial charge in [-0.2, -0.15) is 8.78 Å². The van der Waals surface area contributed by atoms with Gasteiger partial charge in [-0.3, -0.25) is 4.98 Å². The van der Waals surface area contributed by atoms with Gasteiger partial charge in [0.2, 0.25) is 0 Å². The van der Waals surface area contributed by atoms with Crippen LogP contribution in [0.15, 0.2) is 59.8 Å². The average molecular weight is 570 g/mol. The minimum Gasteiger partial charge on any atom is -0.496 e. The highest BCUT2D eigenvalue weighted by atomic mass is 35.5. The summed E-state index contributed by atoms with van der Waals surface area (Å²) in [7, 11) is 1.51. The van der Waals surface area contributed by atoms with Gasteiger partial charge in [0.1, 0.15) is 11.9 Å². The molecule has 37 heavy (non-hydrogen) atoms. The molecule has 2 aromatic carbocycles. The number of hydrogen-bond acceptors (Lipinski definition) is 7. The molecule has 0 amide bonds. The fraction of sp³-hybridized carbons (Fsp3) is 0.308. The lowest BCUT2D eigenvalue weighted by Crippen LogP contribution is -2.13. The number of thioether (sulfide) groups is 1. The monoisotopic (exact) mass is 569 g/mol. The van der Waals surface area contributed by atoms with Crippen LogP contribution in [0, 0.1) is 5.92 Å². The van der Waals surface area contributed by atoms with E-state index >= 15 is 0 Å². The van der Waals surface area contributed by atoms with E-state index < -0.39 is 18.0 Å². The van der Waals surface area contributed by atoms with E-state index in [-0.39, 0.29) is 17.9 Å². The van der Waals surface area contributed by atoms with Crippen molar-refractivity contribution in [3.63, 3.8) is 0 Å². The van der Waals surface area contributed by atoms with Gasteiger partial charge in [0, 0.05) is 18.8 Å². The van der Waals surface area contributed by atoms with Crippen LogP contribution >= 0.6 is 35.0 Å². The quantitative estimate of drug-likeness (QED) is 0.171. The molecule has 1 aliphatic carbocycles. The third kappa shape index (κ3) is 7.63. The van der Waals surface area contributed by atoms with Gasteiger partial charge < -0.3 is 18.9 Å². The molecule has 196 valence electrons. The maximum Gasteiger partial charge on any atom is 0.387 e. The average Bonchev–Trinajstić information content (AvgIpc) is 3.69. The van der Waals surface area contributed by atoms with Crippen molar-refractivity contribution < 1.29 is 32.5 Å². The molecule has 0 saturated heterocycles. The Morgan fingerprint density at radius 1 is 1.08 bits per heavy atom. The zero-order chi connectivity index (χ0) is 26.4. The third-order valence-corrected chi connectivity index (χ3v) is 7.04. The van der Waals surface area contributed by atoms with Crippen LogP contribution in [-0.4, -0.2) is 30.6 Å². The zero-order valence-electron chi connectivity index (χ0n) is 19.7. The molecule has 11 heteroatoms. The fourth-order valence-corrected chi connectivity index (χ4v) is 4.76. The van der Waals surface area contributed by atoms with Gasteiger partial charge in [-0.1, -0.05) is 41.4 Å². The minimum atomic E-state index is -3.02. The SMILES string of the molecule is COc1ccccc1SC(=O)O[C@@H](Cc1c(Cl)cncc1Cl)c1ccc(OC(F)F)c(OCC2CC2)c1. The van der Waals surface area contributed by atoms with E-state index in [1.54, 1.807) is 24.3 Å². The van der Waals surface area contributed by atoms with E-state index in [1.807, 2.05) is 0 Å². The molecule has 1 heterocycles. The summed E-state index contributed by atoms with van der Waals surface area (Å²) < 4.78 is 47.6. The molecule has 0 bridgehead atoms. The number of rotatable bonds is 11. The van der Waals surface area contributed by atoms with Crippen LogP contribution in [0.2, 0.25) is 10.0 Å². The molecule has 1 fully saturated rings. The number of aromatic nitrogens is 1. The molecule has 4 rings (SSSR count). The Bertz CT molecular complexity index is 1230.